The van der Waals surface area contributed by atoms with Gasteiger partial charge in [-0.15, -0.1) is 0 Å². The maximum atomic E-state index is 13.2. The Labute approximate surface area is 186 Å². The normalized spacial score (nSPS) is 10.5. The van der Waals surface area contributed by atoms with Crippen molar-refractivity contribution in [3.05, 3.63) is 94.6 Å². The predicted octanol–water partition coefficient (Wildman–Crippen LogP) is 3.51. The Morgan fingerprint density at radius 2 is 1.69 bits per heavy atom. The van der Waals surface area contributed by atoms with Crippen molar-refractivity contribution in [2.24, 2.45) is 0 Å². The number of benzene rings is 2. The fourth-order valence-electron chi connectivity index (χ4n) is 3.32. The van der Waals surface area contributed by atoms with Crippen LogP contribution in [0, 0.1) is 19.7 Å². The molecule has 7 heteroatoms. The molecule has 0 aliphatic carbocycles. The zero-order valence-corrected chi connectivity index (χ0v) is 18.2. The standard InChI is InChI=1S/C25H26FN3O3/c1-17-11-21(12-18(2)24(17)32-16-20-6-4-8-27-15-20)25(31)29-10-9-28-23(30)14-19-5-3-7-22(26)13-19/h3-8,11-13,15H,9-10,14,16H2,1-2H3,(H,28,30)(H,29,31). The number of pyridine rings is 1. The fraction of sp³-hybridized carbons (Fsp3) is 0.240. The Morgan fingerprint density at radius 1 is 0.969 bits per heavy atom. The molecular weight excluding hydrogens is 409 g/mol. The molecule has 32 heavy (non-hydrogen) atoms. The van der Waals surface area contributed by atoms with E-state index in [0.29, 0.717) is 17.7 Å². The molecule has 1 aromatic heterocycles. The van der Waals surface area contributed by atoms with Gasteiger partial charge in [0.2, 0.25) is 5.91 Å². The van der Waals surface area contributed by atoms with Gasteiger partial charge in [-0.2, -0.15) is 0 Å². The summed E-state index contributed by atoms with van der Waals surface area (Å²) in [5.74, 6) is -0.0855. The molecule has 2 amide bonds. The number of nitrogens with zero attached hydrogens (tertiary/aromatic N) is 1. The average molecular weight is 435 g/mol. The zero-order valence-electron chi connectivity index (χ0n) is 18.2. The number of aromatic nitrogens is 1. The van der Waals surface area contributed by atoms with E-state index in [-0.39, 0.29) is 37.1 Å². The molecule has 0 spiro atoms. The van der Waals surface area contributed by atoms with Gasteiger partial charge in [-0.3, -0.25) is 14.6 Å². The minimum Gasteiger partial charge on any atom is -0.488 e. The van der Waals surface area contributed by atoms with Gasteiger partial charge >= 0.3 is 0 Å². The summed E-state index contributed by atoms with van der Waals surface area (Å²) in [4.78, 5) is 28.5. The summed E-state index contributed by atoms with van der Waals surface area (Å²) >= 11 is 0. The van der Waals surface area contributed by atoms with Crippen molar-refractivity contribution in [2.45, 2.75) is 26.9 Å². The second-order valence-corrected chi connectivity index (χ2v) is 7.50. The maximum absolute atomic E-state index is 13.2. The number of nitrogens with one attached hydrogen (secondary N) is 2. The monoisotopic (exact) mass is 435 g/mol. The highest BCUT2D eigenvalue weighted by molar-refractivity contribution is 5.95. The number of carbonyl (C=O) groups excluding carboxylic acids is 2. The first-order chi connectivity index (χ1) is 15.4. The summed E-state index contributed by atoms with van der Waals surface area (Å²) in [5, 5.41) is 5.52. The highest BCUT2D eigenvalue weighted by Crippen LogP contribution is 2.25. The molecule has 1 heterocycles. The number of ether oxygens (including phenoxy) is 1. The van der Waals surface area contributed by atoms with Gasteiger partial charge in [-0.1, -0.05) is 18.2 Å². The third-order valence-corrected chi connectivity index (χ3v) is 4.81. The van der Waals surface area contributed by atoms with E-state index in [0.717, 1.165) is 22.4 Å². The lowest BCUT2D eigenvalue weighted by molar-refractivity contribution is -0.120. The molecule has 0 radical (unpaired) electrons. The largest absolute Gasteiger partial charge is 0.488 e. The number of halogens is 1. The first-order valence-electron chi connectivity index (χ1n) is 10.3. The first-order valence-corrected chi connectivity index (χ1v) is 10.3. The summed E-state index contributed by atoms with van der Waals surface area (Å²) in [5.41, 5.74) is 3.82. The van der Waals surface area contributed by atoms with Gasteiger partial charge in [0.05, 0.1) is 6.42 Å². The summed E-state index contributed by atoms with van der Waals surface area (Å²) < 4.78 is 19.1. The maximum Gasteiger partial charge on any atom is 0.251 e. The smallest absolute Gasteiger partial charge is 0.251 e. The SMILES string of the molecule is Cc1cc(C(=O)NCCNC(=O)Cc2cccc(F)c2)cc(C)c1OCc1cccnc1. The number of hydrogen-bond donors (Lipinski definition) is 2. The van der Waals surface area contributed by atoms with Gasteiger partial charge in [0, 0.05) is 36.6 Å². The Balaban J connectivity index is 1.47. The minimum absolute atomic E-state index is 0.0879. The Morgan fingerprint density at radius 3 is 2.38 bits per heavy atom. The molecule has 0 unspecified atom stereocenters. The molecule has 0 saturated carbocycles. The predicted molar refractivity (Wildman–Crippen MR) is 120 cm³/mol. The molecule has 0 bridgehead atoms. The summed E-state index contributed by atoms with van der Waals surface area (Å²) in [6.07, 6.45) is 3.55. The third kappa shape index (κ3) is 6.63. The fourth-order valence-corrected chi connectivity index (χ4v) is 3.32. The van der Waals surface area contributed by atoms with Crippen molar-refractivity contribution in [1.29, 1.82) is 0 Å². The third-order valence-electron chi connectivity index (χ3n) is 4.81. The summed E-state index contributed by atoms with van der Waals surface area (Å²) in [6, 6.07) is 13.3. The Kier molecular flexibility index (Phi) is 7.91. The Bertz CT molecular complexity index is 1060. The lowest BCUT2D eigenvalue weighted by Crippen LogP contribution is -2.35. The van der Waals surface area contributed by atoms with Gasteiger partial charge in [0.15, 0.2) is 0 Å². The van der Waals surface area contributed by atoms with E-state index in [1.54, 1.807) is 36.7 Å². The van der Waals surface area contributed by atoms with E-state index < -0.39 is 0 Å². The van der Waals surface area contributed by atoms with Crippen LogP contribution in [0.15, 0.2) is 60.9 Å². The molecule has 2 aromatic carbocycles. The van der Waals surface area contributed by atoms with Gasteiger partial charge in [0.1, 0.15) is 18.2 Å². The van der Waals surface area contributed by atoms with Crippen LogP contribution < -0.4 is 15.4 Å². The van der Waals surface area contributed by atoms with Crippen molar-refractivity contribution < 1.29 is 18.7 Å². The van der Waals surface area contributed by atoms with E-state index in [9.17, 15) is 14.0 Å². The van der Waals surface area contributed by atoms with Crippen molar-refractivity contribution in [1.82, 2.24) is 15.6 Å². The summed E-state index contributed by atoms with van der Waals surface area (Å²) in [7, 11) is 0. The lowest BCUT2D eigenvalue weighted by Gasteiger charge is -2.14. The molecular formula is C25H26FN3O3. The molecule has 2 N–H and O–H groups in total. The van der Waals surface area contributed by atoms with Gasteiger partial charge in [-0.05, 0) is 60.9 Å². The van der Waals surface area contributed by atoms with Crippen LogP contribution in [-0.2, 0) is 17.8 Å². The number of rotatable bonds is 9. The molecule has 0 aliphatic heterocycles. The average Bonchev–Trinajstić information content (AvgIpc) is 2.76. The van der Waals surface area contributed by atoms with E-state index in [1.807, 2.05) is 26.0 Å². The van der Waals surface area contributed by atoms with Crippen molar-refractivity contribution in [3.8, 4) is 5.75 Å². The highest BCUT2D eigenvalue weighted by atomic mass is 19.1. The van der Waals surface area contributed by atoms with Crippen molar-refractivity contribution in [3.63, 3.8) is 0 Å². The zero-order chi connectivity index (χ0) is 22.9. The van der Waals surface area contributed by atoms with Gasteiger partial charge in [-0.25, -0.2) is 4.39 Å². The minimum atomic E-state index is -0.373. The van der Waals surface area contributed by atoms with E-state index >= 15 is 0 Å². The molecule has 166 valence electrons. The van der Waals surface area contributed by atoms with E-state index in [1.165, 1.54) is 12.1 Å². The second kappa shape index (κ2) is 11.0. The number of aryl methyl sites for hydroxylation is 2. The molecule has 6 nitrogen and oxygen atoms in total. The topological polar surface area (TPSA) is 80.3 Å². The number of carbonyl (C=O) groups is 2. The second-order valence-electron chi connectivity index (χ2n) is 7.50. The van der Waals surface area contributed by atoms with Crippen LogP contribution in [0.25, 0.3) is 0 Å². The van der Waals surface area contributed by atoms with Crippen LogP contribution in [0.3, 0.4) is 0 Å². The number of amides is 2. The van der Waals surface area contributed by atoms with Crippen LogP contribution in [-0.4, -0.2) is 29.9 Å². The number of hydrogen-bond acceptors (Lipinski definition) is 4. The first kappa shape index (κ1) is 22.9. The van der Waals surface area contributed by atoms with Crippen molar-refractivity contribution in [2.75, 3.05) is 13.1 Å². The molecule has 0 aliphatic rings. The van der Waals surface area contributed by atoms with Crippen molar-refractivity contribution >= 4 is 11.8 Å². The molecule has 0 fully saturated rings. The van der Waals surface area contributed by atoms with Gasteiger partial charge < -0.3 is 15.4 Å². The Hall–Kier alpha value is -3.74. The van der Waals surface area contributed by atoms with Crippen LogP contribution >= 0.6 is 0 Å². The molecule has 0 saturated heterocycles. The van der Waals surface area contributed by atoms with Crippen LogP contribution in [0.2, 0.25) is 0 Å². The molecule has 3 rings (SSSR count). The lowest BCUT2D eigenvalue weighted by atomic mass is 10.0. The highest BCUT2D eigenvalue weighted by Gasteiger charge is 2.12. The van der Waals surface area contributed by atoms with E-state index in [4.69, 9.17) is 4.74 Å². The summed E-state index contributed by atoms with van der Waals surface area (Å²) in [6.45, 7) is 4.76. The van der Waals surface area contributed by atoms with Crippen LogP contribution in [0.4, 0.5) is 4.39 Å². The molecule has 0 atom stereocenters. The van der Waals surface area contributed by atoms with Crippen LogP contribution in [0.1, 0.15) is 32.6 Å². The van der Waals surface area contributed by atoms with E-state index in [2.05, 4.69) is 15.6 Å². The molecule has 3 aromatic rings. The van der Waals surface area contributed by atoms with Crippen LogP contribution in [0.5, 0.6) is 5.75 Å². The van der Waals surface area contributed by atoms with Gasteiger partial charge in [0.25, 0.3) is 5.91 Å². The quantitative estimate of drug-likeness (QED) is 0.504.